The first kappa shape index (κ1) is 20.7. The Morgan fingerprint density at radius 3 is 2.50 bits per heavy atom. The fraction of sp³-hybridized carbons (Fsp3) is 0.333. The molecule has 7 nitrogen and oxygen atoms in total. The third-order valence-corrected chi connectivity index (χ3v) is 6.47. The molecule has 0 aliphatic carbocycles. The number of hydrogen-bond donors (Lipinski definition) is 0. The van der Waals surface area contributed by atoms with Crippen LogP contribution in [0.15, 0.2) is 47.4 Å². The minimum absolute atomic E-state index is 0.0645. The van der Waals surface area contributed by atoms with Crippen molar-refractivity contribution in [3.63, 3.8) is 0 Å². The molecule has 5 rings (SSSR count). The molecule has 1 fully saturated rings. The van der Waals surface area contributed by atoms with Crippen LogP contribution in [0.2, 0.25) is 5.02 Å². The summed E-state index contributed by atoms with van der Waals surface area (Å²) in [5.41, 5.74) is 1.55. The molecule has 1 aromatic heterocycles. The molecular formula is C24H24ClN3O4. The van der Waals surface area contributed by atoms with Crippen molar-refractivity contribution in [2.45, 2.75) is 19.6 Å². The zero-order valence-electron chi connectivity index (χ0n) is 18.0. The van der Waals surface area contributed by atoms with E-state index in [0.717, 1.165) is 11.4 Å². The van der Waals surface area contributed by atoms with Crippen LogP contribution < -0.4 is 19.8 Å². The largest absolute Gasteiger partial charge is 0.497 e. The fourth-order valence-electron chi connectivity index (χ4n) is 4.52. The van der Waals surface area contributed by atoms with E-state index in [9.17, 15) is 9.59 Å². The highest BCUT2D eigenvalue weighted by Gasteiger charge is 2.28. The smallest absolute Gasteiger partial charge is 0.259 e. The minimum Gasteiger partial charge on any atom is -0.497 e. The Labute approximate surface area is 190 Å². The lowest BCUT2D eigenvalue weighted by atomic mass is 10.1. The first-order chi connectivity index (χ1) is 15.5. The molecule has 32 heavy (non-hydrogen) atoms. The normalized spacial score (nSPS) is 17.9. The number of anilines is 1. The summed E-state index contributed by atoms with van der Waals surface area (Å²) in [5.74, 6) is 1.17. The molecule has 1 atom stereocenters. The summed E-state index contributed by atoms with van der Waals surface area (Å²) >= 11 is 6.39. The van der Waals surface area contributed by atoms with Crippen LogP contribution in [0.4, 0.5) is 5.69 Å². The molecule has 8 heteroatoms. The van der Waals surface area contributed by atoms with Gasteiger partial charge in [-0.15, -0.1) is 0 Å². The fourth-order valence-corrected chi connectivity index (χ4v) is 4.75. The molecule has 166 valence electrons. The van der Waals surface area contributed by atoms with Gasteiger partial charge in [-0.05, 0) is 43.3 Å². The monoisotopic (exact) mass is 453 g/mol. The van der Waals surface area contributed by atoms with Gasteiger partial charge in [0.25, 0.3) is 5.91 Å². The number of rotatable bonds is 3. The van der Waals surface area contributed by atoms with Crippen LogP contribution in [0.5, 0.6) is 11.5 Å². The van der Waals surface area contributed by atoms with Crippen LogP contribution in [0.25, 0.3) is 10.9 Å². The molecule has 3 aromatic rings. The number of piperazine rings is 1. The molecule has 2 aliphatic rings. The number of pyridine rings is 1. The number of aromatic nitrogens is 1. The van der Waals surface area contributed by atoms with Crippen molar-refractivity contribution in [2.75, 3.05) is 38.2 Å². The number of carbonyl (C=O) groups excluding carboxylic acids is 1. The van der Waals surface area contributed by atoms with Crippen LogP contribution in [0.3, 0.4) is 0 Å². The molecule has 0 saturated carbocycles. The summed E-state index contributed by atoms with van der Waals surface area (Å²) in [4.78, 5) is 30.6. The number of benzene rings is 2. The Hall–Kier alpha value is -3.19. The molecule has 2 aromatic carbocycles. The number of amides is 1. The summed E-state index contributed by atoms with van der Waals surface area (Å²) in [6.45, 7) is 4.97. The molecule has 0 bridgehead atoms. The van der Waals surface area contributed by atoms with Gasteiger partial charge in [0, 0.05) is 38.1 Å². The highest BCUT2D eigenvalue weighted by atomic mass is 35.5. The number of nitrogens with zero attached hydrogens (tertiary/aromatic N) is 3. The SMILES string of the molecule is COc1ccc(N2CCN(C(=O)c3cn4c5c(ccc(Cl)c5c3=O)OC(C)C4)CC2)cc1. The topological polar surface area (TPSA) is 64.0 Å². The van der Waals surface area contributed by atoms with Crippen LogP contribution in [0.1, 0.15) is 17.3 Å². The number of hydrogen-bond acceptors (Lipinski definition) is 5. The Morgan fingerprint density at radius 2 is 1.81 bits per heavy atom. The number of ether oxygens (including phenoxy) is 2. The summed E-state index contributed by atoms with van der Waals surface area (Å²) < 4.78 is 13.0. The summed E-state index contributed by atoms with van der Waals surface area (Å²) in [7, 11) is 1.64. The van der Waals surface area contributed by atoms with Gasteiger partial charge < -0.3 is 23.8 Å². The van der Waals surface area contributed by atoms with E-state index in [1.54, 1.807) is 30.3 Å². The summed E-state index contributed by atoms with van der Waals surface area (Å²) in [5, 5.41) is 0.679. The average Bonchev–Trinajstić information content (AvgIpc) is 2.82. The van der Waals surface area contributed by atoms with E-state index in [1.807, 2.05) is 35.8 Å². The Balaban J connectivity index is 1.42. The first-order valence-corrected chi connectivity index (χ1v) is 11.0. The molecule has 1 saturated heterocycles. The van der Waals surface area contributed by atoms with Crippen LogP contribution in [-0.4, -0.2) is 54.8 Å². The Kier molecular flexibility index (Phi) is 5.21. The maximum absolute atomic E-state index is 13.4. The molecule has 0 radical (unpaired) electrons. The van der Waals surface area contributed by atoms with Crippen LogP contribution >= 0.6 is 11.6 Å². The number of methoxy groups -OCH3 is 1. The molecule has 3 heterocycles. The second-order valence-electron chi connectivity index (χ2n) is 8.20. The standard InChI is InChI=1S/C24H24ClN3O4/c1-15-13-28-14-18(23(29)21-19(25)7-8-20(32-15)22(21)28)24(30)27-11-9-26(10-12-27)16-3-5-17(31-2)6-4-16/h3-8,14-15H,9-13H2,1-2H3. The van der Waals surface area contributed by atoms with E-state index < -0.39 is 0 Å². The lowest BCUT2D eigenvalue weighted by Crippen LogP contribution is -2.49. The molecule has 1 unspecified atom stereocenters. The van der Waals surface area contributed by atoms with Gasteiger partial charge in [0.2, 0.25) is 5.43 Å². The summed E-state index contributed by atoms with van der Waals surface area (Å²) in [6.07, 6.45) is 1.60. The zero-order chi connectivity index (χ0) is 22.4. The maximum Gasteiger partial charge on any atom is 0.259 e. The predicted octanol–water partition coefficient (Wildman–Crippen LogP) is 3.41. The van der Waals surface area contributed by atoms with Crippen molar-refractivity contribution in [3.8, 4) is 11.5 Å². The van der Waals surface area contributed by atoms with Crippen molar-refractivity contribution in [1.29, 1.82) is 0 Å². The lowest BCUT2D eigenvalue weighted by molar-refractivity contribution is 0.0744. The van der Waals surface area contributed by atoms with Gasteiger partial charge in [0.05, 0.1) is 29.6 Å². The van der Waals surface area contributed by atoms with Crippen molar-refractivity contribution < 1.29 is 14.3 Å². The highest BCUT2D eigenvalue weighted by Crippen LogP contribution is 2.33. The average molecular weight is 454 g/mol. The van der Waals surface area contributed by atoms with Crippen molar-refractivity contribution in [2.24, 2.45) is 0 Å². The van der Waals surface area contributed by atoms with Gasteiger partial charge in [-0.1, -0.05) is 11.6 Å². The first-order valence-electron chi connectivity index (χ1n) is 10.7. The molecule has 0 spiro atoms. The highest BCUT2D eigenvalue weighted by molar-refractivity contribution is 6.35. The third-order valence-electron chi connectivity index (χ3n) is 6.15. The minimum atomic E-state index is -0.344. The summed E-state index contributed by atoms with van der Waals surface area (Å²) in [6, 6.07) is 11.3. The van der Waals surface area contributed by atoms with Gasteiger partial charge in [-0.25, -0.2) is 0 Å². The van der Waals surface area contributed by atoms with E-state index >= 15 is 0 Å². The second-order valence-corrected chi connectivity index (χ2v) is 8.61. The van der Waals surface area contributed by atoms with Gasteiger partial charge in [0.15, 0.2) is 0 Å². The van der Waals surface area contributed by atoms with Crippen LogP contribution in [-0.2, 0) is 6.54 Å². The van der Waals surface area contributed by atoms with E-state index in [2.05, 4.69) is 4.90 Å². The predicted molar refractivity (Wildman–Crippen MR) is 124 cm³/mol. The maximum atomic E-state index is 13.4. The second kappa shape index (κ2) is 8.06. The third kappa shape index (κ3) is 3.46. The van der Waals surface area contributed by atoms with Crippen molar-refractivity contribution in [1.82, 2.24) is 9.47 Å². The van der Waals surface area contributed by atoms with Crippen molar-refractivity contribution >= 4 is 34.1 Å². The van der Waals surface area contributed by atoms with E-state index in [0.29, 0.717) is 54.4 Å². The van der Waals surface area contributed by atoms with Gasteiger partial charge in [-0.3, -0.25) is 9.59 Å². The number of carbonyl (C=O) groups is 1. The zero-order valence-corrected chi connectivity index (χ0v) is 18.8. The molecule has 1 amide bonds. The number of halogens is 1. The molecule has 0 N–H and O–H groups in total. The van der Waals surface area contributed by atoms with Crippen molar-refractivity contribution in [3.05, 3.63) is 63.4 Å². The lowest BCUT2D eigenvalue weighted by Gasteiger charge is -2.36. The Morgan fingerprint density at radius 1 is 1.09 bits per heavy atom. The van der Waals surface area contributed by atoms with Gasteiger partial charge >= 0.3 is 0 Å². The van der Waals surface area contributed by atoms with Gasteiger partial charge in [-0.2, -0.15) is 0 Å². The van der Waals surface area contributed by atoms with Gasteiger partial charge in [0.1, 0.15) is 23.2 Å². The van der Waals surface area contributed by atoms with Crippen LogP contribution in [0, 0.1) is 0 Å². The molecule has 2 aliphatic heterocycles. The quantitative estimate of drug-likeness (QED) is 0.608. The van der Waals surface area contributed by atoms with E-state index in [-0.39, 0.29) is 23.0 Å². The van der Waals surface area contributed by atoms with E-state index in [1.165, 1.54) is 0 Å². The molecular weight excluding hydrogens is 430 g/mol. The van der Waals surface area contributed by atoms with E-state index in [4.69, 9.17) is 21.1 Å². The Bertz CT molecular complexity index is 1250.